The maximum atomic E-state index is 5.87. The molecule has 0 heterocycles. The number of halogens is 1. The molecule has 12 heavy (non-hydrogen) atoms. The zero-order chi connectivity index (χ0) is 8.97. The lowest BCUT2D eigenvalue weighted by Gasteiger charge is -2.03. The predicted molar refractivity (Wildman–Crippen MR) is 57.4 cm³/mol. The third-order valence-corrected chi connectivity index (χ3v) is 3.29. The smallest absolute Gasteiger partial charge is 0.0416 e. The first-order valence-corrected chi connectivity index (χ1v) is 7.30. The van der Waals surface area contributed by atoms with Crippen LogP contribution in [0.5, 0.6) is 0 Å². The van der Waals surface area contributed by atoms with Crippen molar-refractivity contribution in [1.82, 2.24) is 0 Å². The van der Waals surface area contributed by atoms with Gasteiger partial charge >= 0.3 is 0 Å². The maximum Gasteiger partial charge on any atom is 0.0416 e. The summed E-state index contributed by atoms with van der Waals surface area (Å²) in [6.07, 6.45) is 1.18. The van der Waals surface area contributed by atoms with E-state index in [9.17, 15) is 0 Å². The average Bonchev–Trinajstić information content (AvgIpc) is 2.01. The van der Waals surface area contributed by atoms with Crippen LogP contribution in [0.1, 0.15) is 5.56 Å². The summed E-state index contributed by atoms with van der Waals surface area (Å²) in [7, 11) is -0.0880. The first kappa shape index (κ1) is 9.81. The first-order valence-electron chi connectivity index (χ1n) is 4.22. The van der Waals surface area contributed by atoms with E-state index in [2.05, 4.69) is 25.2 Å². The van der Waals surface area contributed by atoms with Crippen molar-refractivity contribution >= 4 is 20.4 Å². The molecule has 65 valence electrons. The van der Waals surface area contributed by atoms with E-state index < -0.39 is 0 Å². The van der Waals surface area contributed by atoms with Gasteiger partial charge in [-0.05, 0) is 24.1 Å². The van der Waals surface area contributed by atoms with Gasteiger partial charge in [-0.25, -0.2) is 0 Å². The second-order valence-electron chi connectivity index (χ2n) is 3.34. The molecule has 1 aromatic rings. The van der Waals surface area contributed by atoms with E-state index in [-0.39, 0.29) is 8.80 Å². The first-order chi connectivity index (χ1) is 5.68. The number of aryl methyl sites for hydroxylation is 1. The van der Waals surface area contributed by atoms with Crippen LogP contribution in [0.4, 0.5) is 0 Å². The molecule has 0 N–H and O–H groups in total. The minimum absolute atomic E-state index is 0.0880. The highest BCUT2D eigenvalue weighted by Crippen LogP contribution is 2.12. The molecule has 0 saturated heterocycles. The van der Waals surface area contributed by atoms with Crippen molar-refractivity contribution in [3.63, 3.8) is 0 Å². The van der Waals surface area contributed by atoms with Gasteiger partial charge in [0.15, 0.2) is 0 Å². The Morgan fingerprint density at radius 1 is 1.33 bits per heavy atom. The average molecular weight is 198 g/mol. The van der Waals surface area contributed by atoms with Gasteiger partial charge in [0.2, 0.25) is 0 Å². The van der Waals surface area contributed by atoms with E-state index in [1.54, 1.807) is 0 Å². The highest BCUT2D eigenvalue weighted by atomic mass is 35.5. The van der Waals surface area contributed by atoms with Crippen LogP contribution in [0, 0.1) is 0 Å². The summed E-state index contributed by atoms with van der Waals surface area (Å²) >= 11 is 5.87. The molecule has 0 aliphatic carbocycles. The fourth-order valence-corrected chi connectivity index (χ4v) is 2.09. The van der Waals surface area contributed by atoms with Crippen molar-refractivity contribution in [2.45, 2.75) is 25.6 Å². The monoisotopic (exact) mass is 197 g/mol. The Morgan fingerprint density at radius 3 is 2.67 bits per heavy atom. The van der Waals surface area contributed by atoms with Gasteiger partial charge in [-0.15, -0.1) is 0 Å². The van der Waals surface area contributed by atoms with Crippen molar-refractivity contribution in [2.75, 3.05) is 0 Å². The summed E-state index contributed by atoms with van der Waals surface area (Å²) in [5.41, 5.74) is 1.37. The standard InChI is InChI=1S/C10H14ClSi/c1-12(2)7-6-9-4-3-5-10(11)8-9/h3-5,8H,6-7H2,1-2H3. The van der Waals surface area contributed by atoms with Crippen molar-refractivity contribution in [2.24, 2.45) is 0 Å². The topological polar surface area (TPSA) is 0 Å². The maximum absolute atomic E-state index is 5.87. The van der Waals surface area contributed by atoms with Gasteiger partial charge in [0.05, 0.1) is 0 Å². The van der Waals surface area contributed by atoms with Gasteiger partial charge in [-0.3, -0.25) is 0 Å². The molecule has 0 bridgehead atoms. The summed E-state index contributed by atoms with van der Waals surface area (Å²) < 4.78 is 0. The summed E-state index contributed by atoms with van der Waals surface area (Å²) in [4.78, 5) is 0. The Balaban J connectivity index is 2.52. The van der Waals surface area contributed by atoms with Crippen LogP contribution in [0.3, 0.4) is 0 Å². The van der Waals surface area contributed by atoms with Gasteiger partial charge in [0, 0.05) is 13.8 Å². The fourth-order valence-electron chi connectivity index (χ4n) is 1.09. The van der Waals surface area contributed by atoms with Crippen molar-refractivity contribution in [3.05, 3.63) is 34.9 Å². The van der Waals surface area contributed by atoms with Gasteiger partial charge in [0.1, 0.15) is 0 Å². The lowest BCUT2D eigenvalue weighted by atomic mass is 10.2. The van der Waals surface area contributed by atoms with Crippen LogP contribution >= 0.6 is 11.6 Å². The molecule has 0 saturated carbocycles. The van der Waals surface area contributed by atoms with Crippen molar-refractivity contribution < 1.29 is 0 Å². The lowest BCUT2D eigenvalue weighted by molar-refractivity contribution is 1.11. The third-order valence-electron chi connectivity index (χ3n) is 1.80. The van der Waals surface area contributed by atoms with Crippen LogP contribution in [0.25, 0.3) is 0 Å². The summed E-state index contributed by atoms with van der Waals surface area (Å²) in [5.74, 6) is 0. The summed E-state index contributed by atoms with van der Waals surface area (Å²) in [6, 6.07) is 9.50. The van der Waals surface area contributed by atoms with Crippen molar-refractivity contribution in [1.29, 1.82) is 0 Å². The Labute approximate surface area is 81.2 Å². The van der Waals surface area contributed by atoms with Gasteiger partial charge in [0.25, 0.3) is 0 Å². The third kappa shape index (κ3) is 3.42. The van der Waals surface area contributed by atoms with Crippen LogP contribution in [0.2, 0.25) is 24.2 Å². The summed E-state index contributed by atoms with van der Waals surface area (Å²) in [6.45, 7) is 4.68. The molecule has 0 atom stereocenters. The molecular weight excluding hydrogens is 184 g/mol. The molecular formula is C10H14ClSi. The fraction of sp³-hybridized carbons (Fsp3) is 0.400. The molecule has 1 rings (SSSR count). The highest BCUT2D eigenvalue weighted by Gasteiger charge is 1.98. The molecule has 1 aromatic carbocycles. The zero-order valence-electron chi connectivity index (χ0n) is 7.60. The second kappa shape index (κ2) is 4.68. The normalized spacial score (nSPS) is 10.7. The predicted octanol–water partition coefficient (Wildman–Crippen LogP) is 3.64. The molecule has 1 radical (unpaired) electrons. The van der Waals surface area contributed by atoms with Crippen LogP contribution in [-0.4, -0.2) is 8.80 Å². The van der Waals surface area contributed by atoms with E-state index in [0.717, 1.165) is 5.02 Å². The Hall–Kier alpha value is -0.273. The van der Waals surface area contributed by atoms with E-state index >= 15 is 0 Å². The Kier molecular flexibility index (Phi) is 3.83. The molecule has 0 amide bonds. The van der Waals surface area contributed by atoms with Gasteiger partial charge < -0.3 is 0 Å². The second-order valence-corrected chi connectivity index (χ2v) is 6.69. The van der Waals surface area contributed by atoms with E-state index in [4.69, 9.17) is 11.6 Å². The molecule has 0 fully saturated rings. The van der Waals surface area contributed by atoms with Crippen LogP contribution < -0.4 is 0 Å². The number of rotatable bonds is 3. The molecule has 0 unspecified atom stereocenters. The number of hydrogen-bond donors (Lipinski definition) is 0. The largest absolute Gasteiger partial charge is 0.0843 e. The van der Waals surface area contributed by atoms with E-state index in [0.29, 0.717) is 0 Å². The number of benzene rings is 1. The SMILES string of the molecule is C[Si](C)CCc1cccc(Cl)c1. The lowest BCUT2D eigenvalue weighted by Crippen LogP contribution is -2.00. The van der Waals surface area contributed by atoms with Crippen LogP contribution in [0.15, 0.2) is 24.3 Å². The minimum atomic E-state index is -0.0880. The van der Waals surface area contributed by atoms with E-state index in [1.807, 2.05) is 12.1 Å². The van der Waals surface area contributed by atoms with Crippen LogP contribution in [-0.2, 0) is 6.42 Å². The number of hydrogen-bond acceptors (Lipinski definition) is 0. The molecule has 2 heteroatoms. The molecule has 0 aromatic heterocycles. The molecule has 0 nitrogen and oxygen atoms in total. The molecule has 0 aliphatic heterocycles. The Morgan fingerprint density at radius 2 is 2.08 bits per heavy atom. The molecule has 0 aliphatic rings. The quantitative estimate of drug-likeness (QED) is 0.650. The minimum Gasteiger partial charge on any atom is -0.0843 e. The zero-order valence-corrected chi connectivity index (χ0v) is 9.36. The summed E-state index contributed by atoms with van der Waals surface area (Å²) in [5, 5.41) is 0.855. The van der Waals surface area contributed by atoms with E-state index in [1.165, 1.54) is 18.0 Å². The van der Waals surface area contributed by atoms with Gasteiger partial charge in [-0.1, -0.05) is 42.9 Å². The molecule has 0 spiro atoms. The highest BCUT2D eigenvalue weighted by molar-refractivity contribution is 6.55. The van der Waals surface area contributed by atoms with Gasteiger partial charge in [-0.2, -0.15) is 0 Å². The van der Waals surface area contributed by atoms with Crippen molar-refractivity contribution in [3.8, 4) is 0 Å². The Bertz CT molecular complexity index is 245.